The van der Waals surface area contributed by atoms with Crippen molar-refractivity contribution in [1.82, 2.24) is 9.88 Å². The van der Waals surface area contributed by atoms with Crippen LogP contribution < -0.4 is 5.73 Å². The summed E-state index contributed by atoms with van der Waals surface area (Å²) in [6.45, 7) is 3.76. The number of nitrogens with two attached hydrogens (primary N) is 1. The Morgan fingerprint density at radius 2 is 2.18 bits per heavy atom. The maximum Gasteiger partial charge on any atom is 0.235 e. The van der Waals surface area contributed by atoms with Crippen LogP contribution in [0.4, 0.5) is 5.82 Å². The zero-order valence-corrected chi connectivity index (χ0v) is 10.7. The Hall–Kier alpha value is -1.23. The van der Waals surface area contributed by atoms with Gasteiger partial charge in [0.05, 0.1) is 5.25 Å². The minimum Gasteiger partial charge on any atom is -0.384 e. The highest BCUT2D eigenvalue weighted by Gasteiger charge is 2.23. The molecule has 2 N–H and O–H groups in total. The third kappa shape index (κ3) is 3.12. The van der Waals surface area contributed by atoms with Gasteiger partial charge in [0, 0.05) is 24.2 Å². The Kier molecular flexibility index (Phi) is 3.89. The molecule has 92 valence electrons. The van der Waals surface area contributed by atoms with Crippen LogP contribution in [0.1, 0.15) is 19.8 Å². The molecule has 1 amide bonds. The molecule has 1 unspecified atom stereocenters. The molecule has 2 rings (SSSR count). The van der Waals surface area contributed by atoms with Crippen LogP contribution in [-0.4, -0.2) is 34.1 Å². The van der Waals surface area contributed by atoms with Crippen LogP contribution in [-0.2, 0) is 4.79 Å². The smallest absolute Gasteiger partial charge is 0.235 e. The molecular formula is C12H17N3OS. The number of pyridine rings is 1. The number of nitrogen functional groups attached to an aromatic ring is 1. The van der Waals surface area contributed by atoms with E-state index < -0.39 is 0 Å². The molecule has 1 fully saturated rings. The van der Waals surface area contributed by atoms with Crippen LogP contribution in [0.3, 0.4) is 0 Å². The second-order valence-electron chi connectivity index (χ2n) is 4.21. The van der Waals surface area contributed by atoms with Crippen molar-refractivity contribution in [3.63, 3.8) is 0 Å². The molecule has 0 bridgehead atoms. The van der Waals surface area contributed by atoms with E-state index in [4.69, 9.17) is 5.73 Å². The Morgan fingerprint density at radius 1 is 1.47 bits per heavy atom. The molecule has 1 aromatic rings. The van der Waals surface area contributed by atoms with Gasteiger partial charge in [-0.15, -0.1) is 11.8 Å². The number of carbonyl (C=O) groups excluding carboxylic acids is 1. The van der Waals surface area contributed by atoms with E-state index in [1.54, 1.807) is 12.3 Å². The molecule has 5 heteroatoms. The van der Waals surface area contributed by atoms with E-state index in [1.807, 2.05) is 17.9 Å². The third-order valence-electron chi connectivity index (χ3n) is 2.84. The van der Waals surface area contributed by atoms with Crippen molar-refractivity contribution in [3.8, 4) is 0 Å². The lowest BCUT2D eigenvalue weighted by molar-refractivity contribution is -0.129. The summed E-state index contributed by atoms with van der Waals surface area (Å²) in [7, 11) is 0. The van der Waals surface area contributed by atoms with Crippen LogP contribution in [0.15, 0.2) is 23.2 Å². The van der Waals surface area contributed by atoms with E-state index in [2.05, 4.69) is 4.98 Å². The van der Waals surface area contributed by atoms with Crippen molar-refractivity contribution < 1.29 is 4.79 Å². The summed E-state index contributed by atoms with van der Waals surface area (Å²) in [6.07, 6.45) is 3.98. The summed E-state index contributed by atoms with van der Waals surface area (Å²) in [4.78, 5) is 19.0. The fourth-order valence-corrected chi connectivity index (χ4v) is 2.83. The number of anilines is 1. The third-order valence-corrected chi connectivity index (χ3v) is 3.91. The zero-order valence-electron chi connectivity index (χ0n) is 9.93. The summed E-state index contributed by atoms with van der Waals surface area (Å²) in [5, 5.41) is -0.0569. The Balaban J connectivity index is 1.93. The SMILES string of the molecule is CC(Sc1ccc(N)nc1)C(=O)N1CCCC1. The fraction of sp³-hybridized carbons (Fsp3) is 0.500. The van der Waals surface area contributed by atoms with Gasteiger partial charge in [-0.25, -0.2) is 4.98 Å². The van der Waals surface area contributed by atoms with E-state index >= 15 is 0 Å². The van der Waals surface area contributed by atoms with Crippen molar-refractivity contribution in [1.29, 1.82) is 0 Å². The highest BCUT2D eigenvalue weighted by molar-refractivity contribution is 8.00. The largest absolute Gasteiger partial charge is 0.384 e. The summed E-state index contributed by atoms with van der Waals surface area (Å²) < 4.78 is 0. The molecule has 1 saturated heterocycles. The molecule has 1 aliphatic heterocycles. The first-order valence-electron chi connectivity index (χ1n) is 5.84. The minimum atomic E-state index is -0.0569. The van der Waals surface area contributed by atoms with Crippen LogP contribution in [0.25, 0.3) is 0 Å². The van der Waals surface area contributed by atoms with E-state index in [1.165, 1.54) is 11.8 Å². The molecule has 0 aliphatic carbocycles. The summed E-state index contributed by atoms with van der Waals surface area (Å²) in [6, 6.07) is 3.66. The molecule has 1 aliphatic rings. The summed E-state index contributed by atoms with van der Waals surface area (Å²) >= 11 is 1.54. The van der Waals surface area contributed by atoms with Gasteiger partial charge in [-0.3, -0.25) is 4.79 Å². The first-order chi connectivity index (χ1) is 8.16. The lowest BCUT2D eigenvalue weighted by atomic mass is 10.4. The van der Waals surface area contributed by atoms with E-state index in [0.29, 0.717) is 5.82 Å². The molecule has 17 heavy (non-hydrogen) atoms. The van der Waals surface area contributed by atoms with Gasteiger partial charge in [0.15, 0.2) is 0 Å². The van der Waals surface area contributed by atoms with Gasteiger partial charge in [-0.05, 0) is 31.9 Å². The van der Waals surface area contributed by atoms with Crippen molar-refractivity contribution in [2.24, 2.45) is 0 Å². The van der Waals surface area contributed by atoms with Crippen molar-refractivity contribution >= 4 is 23.5 Å². The number of nitrogens with zero attached hydrogens (tertiary/aromatic N) is 2. The first kappa shape index (κ1) is 12.2. The number of hydrogen-bond acceptors (Lipinski definition) is 4. The molecule has 1 aromatic heterocycles. The average molecular weight is 251 g/mol. The van der Waals surface area contributed by atoms with Gasteiger partial charge in [0.1, 0.15) is 5.82 Å². The highest BCUT2D eigenvalue weighted by atomic mass is 32.2. The number of carbonyl (C=O) groups is 1. The molecule has 1 atom stereocenters. The van der Waals surface area contributed by atoms with Crippen LogP contribution >= 0.6 is 11.8 Å². The fourth-order valence-electron chi connectivity index (χ4n) is 1.91. The van der Waals surface area contributed by atoms with E-state index in [-0.39, 0.29) is 11.2 Å². The molecular weight excluding hydrogens is 234 g/mol. The number of rotatable bonds is 3. The number of likely N-dealkylation sites (tertiary alicyclic amines) is 1. The first-order valence-corrected chi connectivity index (χ1v) is 6.72. The van der Waals surface area contributed by atoms with Gasteiger partial charge >= 0.3 is 0 Å². The highest BCUT2D eigenvalue weighted by Crippen LogP contribution is 2.25. The summed E-state index contributed by atoms with van der Waals surface area (Å²) in [5.74, 6) is 0.734. The number of hydrogen-bond donors (Lipinski definition) is 1. The maximum absolute atomic E-state index is 12.1. The molecule has 4 nitrogen and oxygen atoms in total. The number of amides is 1. The average Bonchev–Trinajstić information content (AvgIpc) is 2.84. The van der Waals surface area contributed by atoms with Gasteiger partial charge in [0.25, 0.3) is 0 Å². The lowest BCUT2D eigenvalue weighted by Gasteiger charge is -2.19. The predicted octanol–water partition coefficient (Wildman–Crippen LogP) is 1.77. The van der Waals surface area contributed by atoms with Crippen LogP contribution in [0.2, 0.25) is 0 Å². The second-order valence-corrected chi connectivity index (χ2v) is 5.63. The normalized spacial score (nSPS) is 17.1. The molecule has 0 saturated carbocycles. The lowest BCUT2D eigenvalue weighted by Crippen LogP contribution is -2.33. The number of aromatic nitrogens is 1. The van der Waals surface area contributed by atoms with Crippen molar-refractivity contribution in [2.75, 3.05) is 18.8 Å². The standard InChI is InChI=1S/C12H17N3OS/c1-9(12(16)15-6-2-3-7-15)17-10-4-5-11(13)14-8-10/h4-5,8-9H,2-3,6-7H2,1H3,(H2,13,14). The van der Waals surface area contributed by atoms with Crippen molar-refractivity contribution in [3.05, 3.63) is 18.3 Å². The van der Waals surface area contributed by atoms with Crippen LogP contribution in [0.5, 0.6) is 0 Å². The van der Waals surface area contributed by atoms with Crippen molar-refractivity contribution in [2.45, 2.75) is 29.9 Å². The van der Waals surface area contributed by atoms with E-state index in [9.17, 15) is 4.79 Å². The van der Waals surface area contributed by atoms with E-state index in [0.717, 1.165) is 30.8 Å². The predicted molar refractivity (Wildman–Crippen MR) is 69.8 cm³/mol. The topological polar surface area (TPSA) is 59.2 Å². The molecule has 0 aromatic carbocycles. The van der Waals surface area contributed by atoms with Gasteiger partial charge < -0.3 is 10.6 Å². The maximum atomic E-state index is 12.1. The van der Waals surface area contributed by atoms with Gasteiger partial charge in [-0.2, -0.15) is 0 Å². The number of thioether (sulfide) groups is 1. The minimum absolute atomic E-state index is 0.0569. The monoisotopic (exact) mass is 251 g/mol. The van der Waals surface area contributed by atoms with Gasteiger partial charge in [0.2, 0.25) is 5.91 Å². The molecule has 0 spiro atoms. The quantitative estimate of drug-likeness (QED) is 0.832. The van der Waals surface area contributed by atoms with Crippen LogP contribution in [0, 0.1) is 0 Å². The second kappa shape index (κ2) is 5.40. The zero-order chi connectivity index (χ0) is 12.3. The Morgan fingerprint density at radius 3 is 2.76 bits per heavy atom. The molecule has 0 radical (unpaired) electrons. The Labute approximate surface area is 106 Å². The van der Waals surface area contributed by atoms with Gasteiger partial charge in [-0.1, -0.05) is 0 Å². The summed E-state index contributed by atoms with van der Waals surface area (Å²) in [5.41, 5.74) is 5.52. The molecule has 2 heterocycles. The Bertz CT molecular complexity index is 387.